The first-order chi connectivity index (χ1) is 7.95. The van der Waals surface area contributed by atoms with Gasteiger partial charge in [0.25, 0.3) is 0 Å². The molecule has 94 valence electrons. The summed E-state index contributed by atoms with van der Waals surface area (Å²) in [6.07, 6.45) is 1.57. The second kappa shape index (κ2) is 6.33. The minimum atomic E-state index is -0.231. The molecule has 0 radical (unpaired) electrons. The number of hydrogen-bond acceptors (Lipinski definition) is 3. The summed E-state index contributed by atoms with van der Waals surface area (Å²) in [4.78, 5) is 15.9. The third-order valence-corrected chi connectivity index (χ3v) is 3.19. The van der Waals surface area contributed by atoms with Crippen molar-refractivity contribution in [2.45, 2.75) is 13.8 Å². The number of carbonyl (C=O) groups excluding carboxylic acids is 1. The van der Waals surface area contributed by atoms with Crippen LogP contribution < -0.4 is 11.1 Å². The highest BCUT2D eigenvalue weighted by molar-refractivity contribution is 9.10. The predicted molar refractivity (Wildman–Crippen MR) is 73.0 cm³/mol. The average molecular weight is 321 g/mol. The van der Waals surface area contributed by atoms with Crippen molar-refractivity contribution < 1.29 is 4.79 Å². The summed E-state index contributed by atoms with van der Waals surface area (Å²) >= 11 is 9.16. The van der Waals surface area contributed by atoms with Gasteiger partial charge in [0.05, 0.1) is 11.6 Å². The quantitative estimate of drug-likeness (QED) is 0.838. The van der Waals surface area contributed by atoms with Crippen LogP contribution in [0.25, 0.3) is 0 Å². The first-order valence-electron chi connectivity index (χ1n) is 5.27. The molecule has 1 unspecified atom stereocenters. The Morgan fingerprint density at radius 2 is 2.29 bits per heavy atom. The Morgan fingerprint density at radius 1 is 1.65 bits per heavy atom. The van der Waals surface area contributed by atoms with E-state index < -0.39 is 0 Å². The topological polar surface area (TPSA) is 68.0 Å². The first kappa shape index (κ1) is 14.4. The molecule has 17 heavy (non-hydrogen) atoms. The van der Waals surface area contributed by atoms with Gasteiger partial charge in [0.1, 0.15) is 0 Å². The average Bonchev–Trinajstić information content (AvgIpc) is 2.24. The van der Waals surface area contributed by atoms with Crippen LogP contribution in [0.1, 0.15) is 13.8 Å². The minimum absolute atomic E-state index is 0.135. The summed E-state index contributed by atoms with van der Waals surface area (Å²) in [7, 11) is 0. The van der Waals surface area contributed by atoms with Crippen LogP contribution in [0.3, 0.4) is 0 Å². The van der Waals surface area contributed by atoms with Gasteiger partial charge < -0.3 is 11.1 Å². The highest BCUT2D eigenvalue weighted by atomic mass is 79.9. The normalized spacial score (nSPS) is 12.6. The van der Waals surface area contributed by atoms with Gasteiger partial charge in [-0.25, -0.2) is 4.98 Å². The molecule has 0 spiro atoms. The number of halogens is 2. The molecule has 0 aliphatic heterocycles. The molecule has 0 aromatic carbocycles. The molecule has 1 amide bonds. The van der Waals surface area contributed by atoms with E-state index in [1.807, 2.05) is 13.8 Å². The highest BCUT2D eigenvalue weighted by Crippen LogP contribution is 2.24. The smallest absolute Gasteiger partial charge is 0.229 e. The minimum Gasteiger partial charge on any atom is -0.330 e. The van der Waals surface area contributed by atoms with Crippen LogP contribution in [-0.4, -0.2) is 17.4 Å². The Morgan fingerprint density at radius 3 is 2.82 bits per heavy atom. The Hall–Kier alpha value is -0.650. The molecular weight excluding hydrogens is 305 g/mol. The van der Waals surface area contributed by atoms with Crippen LogP contribution >= 0.6 is 27.5 Å². The van der Waals surface area contributed by atoms with E-state index in [4.69, 9.17) is 17.3 Å². The highest BCUT2D eigenvalue weighted by Gasteiger charge is 2.21. The number of aromatic nitrogens is 1. The van der Waals surface area contributed by atoms with E-state index >= 15 is 0 Å². The number of rotatable bonds is 4. The molecule has 1 atom stereocenters. The van der Waals surface area contributed by atoms with E-state index in [-0.39, 0.29) is 22.9 Å². The van der Waals surface area contributed by atoms with Crippen molar-refractivity contribution in [3.63, 3.8) is 0 Å². The molecule has 1 aromatic heterocycles. The molecule has 1 rings (SSSR count). The molecule has 3 N–H and O–H groups in total. The fraction of sp³-hybridized carbons (Fsp3) is 0.455. The Kier molecular flexibility index (Phi) is 5.36. The van der Waals surface area contributed by atoms with Gasteiger partial charge in [-0.15, -0.1) is 0 Å². The maximum atomic E-state index is 12.0. The van der Waals surface area contributed by atoms with Gasteiger partial charge in [0.2, 0.25) is 5.91 Å². The molecule has 1 heterocycles. The van der Waals surface area contributed by atoms with Gasteiger partial charge in [0, 0.05) is 17.2 Å². The van der Waals surface area contributed by atoms with E-state index in [0.717, 1.165) is 4.47 Å². The second-order valence-electron chi connectivity index (χ2n) is 4.07. The predicted octanol–water partition coefficient (Wildman–Crippen LogP) is 2.67. The largest absolute Gasteiger partial charge is 0.330 e. The molecular formula is C11H15BrClN3O. The molecule has 0 aliphatic rings. The fourth-order valence-corrected chi connectivity index (χ4v) is 1.90. The molecule has 0 fully saturated rings. The van der Waals surface area contributed by atoms with Crippen molar-refractivity contribution in [3.8, 4) is 0 Å². The lowest BCUT2D eigenvalue weighted by Crippen LogP contribution is -2.33. The van der Waals surface area contributed by atoms with Crippen LogP contribution in [0.2, 0.25) is 5.15 Å². The van der Waals surface area contributed by atoms with Crippen LogP contribution in [0.5, 0.6) is 0 Å². The zero-order valence-electron chi connectivity index (χ0n) is 9.71. The molecule has 6 heteroatoms. The van der Waals surface area contributed by atoms with Crippen LogP contribution in [-0.2, 0) is 4.79 Å². The lowest BCUT2D eigenvalue weighted by molar-refractivity contribution is -0.120. The number of pyridine rings is 1. The molecule has 0 bridgehead atoms. The number of carbonyl (C=O) groups is 1. The monoisotopic (exact) mass is 319 g/mol. The SMILES string of the molecule is CC(C)C(CN)C(=O)Nc1cc(Br)cnc1Cl. The van der Waals surface area contributed by atoms with Crippen molar-refractivity contribution in [1.82, 2.24) is 4.98 Å². The van der Waals surface area contributed by atoms with Crippen LogP contribution in [0, 0.1) is 11.8 Å². The van der Waals surface area contributed by atoms with Crippen molar-refractivity contribution in [3.05, 3.63) is 21.9 Å². The summed E-state index contributed by atoms with van der Waals surface area (Å²) in [6, 6.07) is 1.71. The van der Waals surface area contributed by atoms with E-state index in [1.54, 1.807) is 12.3 Å². The number of amides is 1. The summed E-state index contributed by atoms with van der Waals surface area (Å²) in [5, 5.41) is 3.00. The number of nitrogens with zero attached hydrogens (tertiary/aromatic N) is 1. The second-order valence-corrected chi connectivity index (χ2v) is 5.34. The Balaban J connectivity index is 2.83. The zero-order chi connectivity index (χ0) is 13.0. The van der Waals surface area contributed by atoms with E-state index in [1.165, 1.54) is 0 Å². The molecule has 0 saturated heterocycles. The Bertz CT molecular complexity index is 412. The van der Waals surface area contributed by atoms with Crippen LogP contribution in [0.15, 0.2) is 16.7 Å². The first-order valence-corrected chi connectivity index (χ1v) is 6.44. The standard InChI is InChI=1S/C11H15BrClN3O/c1-6(2)8(4-14)11(17)16-9-3-7(12)5-15-10(9)13/h3,5-6,8H,4,14H2,1-2H3,(H,16,17). The molecule has 0 saturated carbocycles. The fourth-order valence-electron chi connectivity index (χ4n) is 1.42. The van der Waals surface area contributed by atoms with Crippen molar-refractivity contribution >= 4 is 39.1 Å². The maximum Gasteiger partial charge on any atom is 0.229 e. The number of hydrogen-bond donors (Lipinski definition) is 2. The van der Waals surface area contributed by atoms with Crippen molar-refractivity contribution in [2.75, 3.05) is 11.9 Å². The van der Waals surface area contributed by atoms with Crippen LogP contribution in [0.4, 0.5) is 5.69 Å². The van der Waals surface area contributed by atoms with Gasteiger partial charge in [0.15, 0.2) is 5.15 Å². The summed E-state index contributed by atoms with van der Waals surface area (Å²) < 4.78 is 0.756. The summed E-state index contributed by atoms with van der Waals surface area (Å²) in [5.74, 6) is -0.187. The van der Waals surface area contributed by atoms with E-state index in [2.05, 4.69) is 26.2 Å². The number of nitrogens with one attached hydrogen (secondary N) is 1. The van der Waals surface area contributed by atoms with Crippen molar-refractivity contribution in [2.24, 2.45) is 17.6 Å². The number of nitrogens with two attached hydrogens (primary N) is 1. The van der Waals surface area contributed by atoms with Crippen molar-refractivity contribution in [1.29, 1.82) is 0 Å². The third kappa shape index (κ3) is 3.94. The van der Waals surface area contributed by atoms with Gasteiger partial charge in [-0.05, 0) is 27.9 Å². The van der Waals surface area contributed by atoms with Gasteiger partial charge in [-0.2, -0.15) is 0 Å². The van der Waals surface area contributed by atoms with Gasteiger partial charge in [-0.3, -0.25) is 4.79 Å². The van der Waals surface area contributed by atoms with E-state index in [9.17, 15) is 4.79 Å². The maximum absolute atomic E-state index is 12.0. The summed E-state index contributed by atoms with van der Waals surface area (Å²) in [6.45, 7) is 4.22. The van der Waals surface area contributed by atoms with E-state index in [0.29, 0.717) is 12.2 Å². The zero-order valence-corrected chi connectivity index (χ0v) is 12.0. The molecule has 1 aromatic rings. The number of anilines is 1. The third-order valence-electron chi connectivity index (χ3n) is 2.46. The molecule has 4 nitrogen and oxygen atoms in total. The molecule has 0 aliphatic carbocycles. The lowest BCUT2D eigenvalue weighted by atomic mass is 9.95. The van der Waals surface area contributed by atoms with Gasteiger partial charge in [-0.1, -0.05) is 25.4 Å². The van der Waals surface area contributed by atoms with Gasteiger partial charge >= 0.3 is 0 Å². The lowest BCUT2D eigenvalue weighted by Gasteiger charge is -2.18. The summed E-state index contributed by atoms with van der Waals surface area (Å²) in [5.41, 5.74) is 6.07. The Labute approximate surface area is 114 Å².